The summed E-state index contributed by atoms with van der Waals surface area (Å²) in [5.74, 6) is 0.0885. The second-order valence-corrected chi connectivity index (χ2v) is 9.72. The third-order valence-corrected chi connectivity index (χ3v) is 7.09. The van der Waals surface area contributed by atoms with Gasteiger partial charge in [0.15, 0.2) is 5.60 Å². The summed E-state index contributed by atoms with van der Waals surface area (Å²) in [5, 5.41) is 22.7. The van der Waals surface area contributed by atoms with Gasteiger partial charge in [0.05, 0.1) is 42.0 Å². The van der Waals surface area contributed by atoms with Gasteiger partial charge in [-0.15, -0.1) is 0 Å². The van der Waals surface area contributed by atoms with Crippen molar-refractivity contribution in [1.82, 2.24) is 19.5 Å². The molecule has 7 nitrogen and oxygen atoms in total. The lowest BCUT2D eigenvalue weighted by atomic mass is 9.83. The van der Waals surface area contributed by atoms with Crippen LogP contribution >= 0.6 is 0 Å². The van der Waals surface area contributed by atoms with E-state index in [1.54, 1.807) is 7.05 Å². The zero-order valence-corrected chi connectivity index (χ0v) is 22.5. The number of rotatable bonds is 6. The second kappa shape index (κ2) is 10.7. The molecule has 1 N–H and O–H groups in total. The van der Waals surface area contributed by atoms with Crippen LogP contribution in [0.25, 0.3) is 10.9 Å². The molecule has 2 aromatic carbocycles. The number of nitriles is 1. The minimum Gasteiger partial charge on any atom is -0.481 e. The molecule has 0 aliphatic rings. The van der Waals surface area contributed by atoms with E-state index in [2.05, 4.69) is 21.0 Å². The molecule has 220 valence electrons. The summed E-state index contributed by atoms with van der Waals surface area (Å²) < 4.78 is 85.8. The van der Waals surface area contributed by atoms with E-state index in [0.29, 0.717) is 16.6 Å². The van der Waals surface area contributed by atoms with E-state index in [9.17, 15) is 36.7 Å². The van der Waals surface area contributed by atoms with Gasteiger partial charge in [0, 0.05) is 36.2 Å². The lowest BCUT2D eigenvalue weighted by molar-refractivity contribution is -0.141. The Kier molecular flexibility index (Phi) is 7.35. The topological polar surface area (TPSA) is 96.8 Å². The van der Waals surface area contributed by atoms with E-state index in [1.807, 2.05) is 0 Å². The number of aromatic nitrogens is 4. The van der Waals surface area contributed by atoms with Crippen molar-refractivity contribution in [3.63, 3.8) is 0 Å². The number of ether oxygens (including phenoxy) is 1. The van der Waals surface area contributed by atoms with Crippen LogP contribution in [0, 0.1) is 11.3 Å². The average molecular weight is 598 g/mol. The van der Waals surface area contributed by atoms with Gasteiger partial charge in [0.2, 0.25) is 5.88 Å². The Morgan fingerprint density at radius 3 is 2.12 bits per heavy atom. The lowest BCUT2D eigenvalue weighted by Gasteiger charge is -2.30. The van der Waals surface area contributed by atoms with Crippen molar-refractivity contribution in [1.29, 1.82) is 5.26 Å². The molecule has 5 rings (SSSR count). The van der Waals surface area contributed by atoms with Crippen molar-refractivity contribution in [3.05, 3.63) is 118 Å². The first kappa shape index (κ1) is 29.5. The third kappa shape index (κ3) is 5.37. The highest BCUT2D eigenvalue weighted by Crippen LogP contribution is 2.40. The lowest BCUT2D eigenvalue weighted by Crippen LogP contribution is -2.31. The molecular formula is C30H21F6N5O2. The molecule has 0 aliphatic heterocycles. The molecule has 0 saturated carbocycles. The normalized spacial score (nSPS) is 13.5. The second-order valence-electron chi connectivity index (χ2n) is 9.72. The fourth-order valence-electron chi connectivity index (χ4n) is 4.93. The summed E-state index contributed by atoms with van der Waals surface area (Å²) in [6, 6.07) is 13.0. The Hall–Kier alpha value is -4.96. The molecule has 0 amide bonds. The average Bonchev–Trinajstić information content (AvgIpc) is 3.41. The van der Waals surface area contributed by atoms with Crippen molar-refractivity contribution in [2.45, 2.75) is 24.4 Å². The Labute approximate surface area is 240 Å². The Balaban J connectivity index is 1.69. The Bertz CT molecular complexity index is 1840. The van der Waals surface area contributed by atoms with Gasteiger partial charge in [-0.3, -0.25) is 4.98 Å². The quantitative estimate of drug-likeness (QED) is 0.236. The monoisotopic (exact) mass is 597 g/mol. The van der Waals surface area contributed by atoms with Crippen LogP contribution in [0.5, 0.6) is 5.88 Å². The number of alkyl halides is 6. The fraction of sp³-hybridized carbons (Fsp3) is 0.200. The summed E-state index contributed by atoms with van der Waals surface area (Å²) >= 11 is 0. The van der Waals surface area contributed by atoms with Gasteiger partial charge in [-0.2, -0.15) is 31.6 Å². The number of imidazole rings is 1. The number of halogens is 6. The molecule has 0 spiro atoms. The zero-order chi connectivity index (χ0) is 31.2. The summed E-state index contributed by atoms with van der Waals surface area (Å²) in [4.78, 5) is 12.0. The highest BCUT2D eigenvalue weighted by atomic mass is 19.4. The molecule has 1 atom stereocenters. The van der Waals surface area contributed by atoms with Crippen molar-refractivity contribution in [3.8, 4) is 11.9 Å². The molecule has 3 heterocycles. The molecule has 5 aromatic rings. The van der Waals surface area contributed by atoms with Gasteiger partial charge < -0.3 is 14.4 Å². The summed E-state index contributed by atoms with van der Waals surface area (Å²) in [6.45, 7) is 0. The van der Waals surface area contributed by atoms with Gasteiger partial charge in [-0.1, -0.05) is 24.3 Å². The summed E-state index contributed by atoms with van der Waals surface area (Å²) in [5.41, 5.74) is -2.46. The van der Waals surface area contributed by atoms with Crippen LogP contribution < -0.4 is 4.74 Å². The third-order valence-electron chi connectivity index (χ3n) is 7.09. The number of pyridine rings is 2. The Morgan fingerprint density at radius 2 is 1.58 bits per heavy atom. The van der Waals surface area contributed by atoms with Crippen LogP contribution in [0.3, 0.4) is 0 Å². The van der Waals surface area contributed by atoms with Gasteiger partial charge in [-0.25, -0.2) is 9.97 Å². The summed E-state index contributed by atoms with van der Waals surface area (Å²) in [6.07, 6.45) is -5.51. The van der Waals surface area contributed by atoms with E-state index < -0.39 is 29.2 Å². The van der Waals surface area contributed by atoms with E-state index in [1.165, 1.54) is 54.5 Å². The van der Waals surface area contributed by atoms with Crippen molar-refractivity contribution < 1.29 is 36.2 Å². The minimum absolute atomic E-state index is 0.00615. The van der Waals surface area contributed by atoms with Crippen LogP contribution in [-0.4, -0.2) is 31.7 Å². The molecular weight excluding hydrogens is 576 g/mol. The maximum absolute atomic E-state index is 13.2. The number of methoxy groups -OCH3 is 1. The summed E-state index contributed by atoms with van der Waals surface area (Å²) in [7, 11) is 2.94. The molecule has 0 radical (unpaired) electrons. The van der Waals surface area contributed by atoms with Crippen LogP contribution in [-0.2, 0) is 31.4 Å². The number of nitrogens with zero attached hydrogens (tertiary/aromatic N) is 5. The number of hydrogen-bond acceptors (Lipinski definition) is 6. The van der Waals surface area contributed by atoms with Crippen LogP contribution in [0.15, 0.2) is 73.3 Å². The smallest absolute Gasteiger partial charge is 0.433 e. The van der Waals surface area contributed by atoms with E-state index in [-0.39, 0.29) is 40.1 Å². The first-order chi connectivity index (χ1) is 20.3. The van der Waals surface area contributed by atoms with E-state index in [4.69, 9.17) is 4.74 Å². The predicted molar refractivity (Wildman–Crippen MR) is 142 cm³/mol. The fourth-order valence-corrected chi connectivity index (χ4v) is 4.93. The molecule has 0 fully saturated rings. The molecule has 3 aromatic heterocycles. The maximum atomic E-state index is 13.2. The first-order valence-electron chi connectivity index (χ1n) is 12.6. The maximum Gasteiger partial charge on any atom is 0.433 e. The standard InChI is InChI=1S/C30H21F6N5O2/c1-41-16-38-15-26(41)28(42,20-8-10-25(39-14-20)30(34,35)36)19-7-9-24-21(12-19)23(13-37)22(27(40-24)43-2)11-17-3-5-18(6-4-17)29(31,32)33/h3-10,12,14-16,42H,11H2,1-2H3. The molecule has 0 aliphatic carbocycles. The number of fused-ring (bicyclic) bond motifs is 1. The van der Waals surface area contributed by atoms with Crippen LogP contribution in [0.1, 0.15) is 44.8 Å². The van der Waals surface area contributed by atoms with Gasteiger partial charge in [0.1, 0.15) is 11.8 Å². The van der Waals surface area contributed by atoms with Crippen LogP contribution in [0.4, 0.5) is 26.3 Å². The largest absolute Gasteiger partial charge is 0.481 e. The number of aryl methyl sites for hydroxylation is 1. The highest BCUT2D eigenvalue weighted by molar-refractivity contribution is 5.88. The molecule has 13 heteroatoms. The molecule has 0 bridgehead atoms. The zero-order valence-electron chi connectivity index (χ0n) is 22.5. The van der Waals surface area contributed by atoms with E-state index >= 15 is 0 Å². The van der Waals surface area contributed by atoms with Crippen molar-refractivity contribution in [2.75, 3.05) is 7.11 Å². The van der Waals surface area contributed by atoms with Crippen molar-refractivity contribution in [2.24, 2.45) is 7.05 Å². The predicted octanol–water partition coefficient (Wildman–Crippen LogP) is 6.16. The van der Waals surface area contributed by atoms with Gasteiger partial charge >= 0.3 is 12.4 Å². The number of hydrogen-bond donors (Lipinski definition) is 1. The van der Waals surface area contributed by atoms with Gasteiger partial charge in [-0.05, 0) is 41.5 Å². The van der Waals surface area contributed by atoms with Gasteiger partial charge in [0.25, 0.3) is 0 Å². The van der Waals surface area contributed by atoms with E-state index in [0.717, 1.165) is 30.5 Å². The van der Waals surface area contributed by atoms with Crippen LogP contribution in [0.2, 0.25) is 0 Å². The minimum atomic E-state index is -4.69. The number of aliphatic hydroxyl groups is 1. The highest BCUT2D eigenvalue weighted by Gasteiger charge is 2.39. The first-order valence-corrected chi connectivity index (χ1v) is 12.6. The molecule has 0 saturated heterocycles. The number of benzene rings is 2. The Morgan fingerprint density at radius 1 is 0.907 bits per heavy atom. The SMILES string of the molecule is COc1nc2ccc(C(O)(c3ccc(C(F)(F)F)nc3)c3cncn3C)cc2c(C#N)c1Cc1ccc(C(F)(F)F)cc1. The van der Waals surface area contributed by atoms with Crippen molar-refractivity contribution >= 4 is 10.9 Å². The molecule has 43 heavy (non-hydrogen) atoms. The molecule has 1 unspecified atom stereocenters.